The molecule has 0 radical (unpaired) electrons. The molecule has 0 fully saturated rings. The molecule has 0 aliphatic rings. The molecule has 2 rings (SSSR count). The predicted molar refractivity (Wildman–Crippen MR) is 56.5 cm³/mol. The third-order valence-electron chi connectivity index (χ3n) is 2.11. The second-order valence-corrected chi connectivity index (χ2v) is 4.28. The molecule has 0 amide bonds. The number of aliphatic hydroxyl groups excluding tert-OH is 1. The molecular weight excluding hydrogens is 196 g/mol. The van der Waals surface area contributed by atoms with Gasteiger partial charge in [-0.25, -0.2) is 0 Å². The summed E-state index contributed by atoms with van der Waals surface area (Å²) in [5.74, 6) is 0.606. The molecule has 0 saturated carbocycles. The van der Waals surface area contributed by atoms with Crippen molar-refractivity contribution in [1.29, 1.82) is 0 Å². The highest BCUT2D eigenvalue weighted by atomic mass is 32.1. The van der Waals surface area contributed by atoms with Crippen molar-refractivity contribution < 1.29 is 9.52 Å². The Bertz CT molecular complexity index is 389. The zero-order valence-electron chi connectivity index (χ0n) is 7.93. The lowest BCUT2D eigenvalue weighted by molar-refractivity contribution is 0.193. The highest BCUT2D eigenvalue weighted by Gasteiger charge is 2.14. The van der Waals surface area contributed by atoms with Gasteiger partial charge in [-0.3, -0.25) is 0 Å². The fourth-order valence-electron chi connectivity index (χ4n) is 1.32. The fourth-order valence-corrected chi connectivity index (χ4v) is 2.27. The van der Waals surface area contributed by atoms with Crippen LogP contribution >= 0.6 is 11.3 Å². The highest BCUT2D eigenvalue weighted by Crippen LogP contribution is 2.28. The lowest BCUT2D eigenvalue weighted by Crippen LogP contribution is -1.93. The maximum absolute atomic E-state index is 9.91. The van der Waals surface area contributed by atoms with Crippen LogP contribution in [0.25, 0.3) is 0 Å². The lowest BCUT2D eigenvalue weighted by Gasteiger charge is -2.03. The summed E-state index contributed by atoms with van der Waals surface area (Å²) >= 11 is 1.63. The first kappa shape index (κ1) is 9.49. The Morgan fingerprint density at radius 2 is 2.29 bits per heavy atom. The minimum absolute atomic E-state index is 0.606. The Morgan fingerprint density at radius 1 is 1.43 bits per heavy atom. The van der Waals surface area contributed by atoms with Crippen molar-refractivity contribution in [2.24, 2.45) is 0 Å². The van der Waals surface area contributed by atoms with E-state index in [2.05, 4.69) is 6.92 Å². The summed E-state index contributed by atoms with van der Waals surface area (Å²) in [7, 11) is 0. The first-order valence-corrected chi connectivity index (χ1v) is 5.43. The molecule has 0 aromatic carbocycles. The molecule has 14 heavy (non-hydrogen) atoms. The van der Waals surface area contributed by atoms with Gasteiger partial charge in [0.05, 0.1) is 6.26 Å². The average molecular weight is 208 g/mol. The van der Waals surface area contributed by atoms with E-state index in [4.69, 9.17) is 4.42 Å². The Morgan fingerprint density at radius 3 is 2.86 bits per heavy atom. The predicted octanol–water partition coefficient (Wildman–Crippen LogP) is 2.99. The summed E-state index contributed by atoms with van der Waals surface area (Å²) in [6.07, 6.45) is 1.97. The van der Waals surface area contributed by atoms with Gasteiger partial charge in [0.1, 0.15) is 11.9 Å². The molecule has 74 valence electrons. The largest absolute Gasteiger partial charge is 0.466 e. The molecular formula is C11H12O2S. The third kappa shape index (κ3) is 1.74. The van der Waals surface area contributed by atoms with Crippen LogP contribution in [0.5, 0.6) is 0 Å². The molecule has 0 aliphatic carbocycles. The van der Waals surface area contributed by atoms with Gasteiger partial charge in [0.2, 0.25) is 0 Å². The molecule has 2 nitrogen and oxygen atoms in total. The zero-order valence-corrected chi connectivity index (χ0v) is 8.75. The van der Waals surface area contributed by atoms with Crippen LogP contribution in [0.1, 0.15) is 28.5 Å². The van der Waals surface area contributed by atoms with Gasteiger partial charge in [-0.05, 0) is 30.7 Å². The fraction of sp³-hybridized carbons (Fsp3) is 0.273. The number of furan rings is 1. The summed E-state index contributed by atoms with van der Waals surface area (Å²) in [4.78, 5) is 2.22. The van der Waals surface area contributed by atoms with Crippen molar-refractivity contribution in [3.63, 3.8) is 0 Å². The summed E-state index contributed by atoms with van der Waals surface area (Å²) in [5.41, 5.74) is 0. The SMILES string of the molecule is CCc1ccc(C(O)c2ccco2)s1. The summed E-state index contributed by atoms with van der Waals surface area (Å²) in [5, 5.41) is 9.91. The summed E-state index contributed by atoms with van der Waals surface area (Å²) in [6.45, 7) is 2.11. The van der Waals surface area contributed by atoms with Gasteiger partial charge in [-0.1, -0.05) is 6.92 Å². The van der Waals surface area contributed by atoms with Crippen LogP contribution in [0.15, 0.2) is 34.9 Å². The van der Waals surface area contributed by atoms with E-state index in [1.165, 1.54) is 4.88 Å². The molecule has 0 spiro atoms. The Labute approximate surface area is 86.8 Å². The van der Waals surface area contributed by atoms with Crippen molar-refractivity contribution in [1.82, 2.24) is 0 Å². The number of rotatable bonds is 3. The molecule has 1 atom stereocenters. The van der Waals surface area contributed by atoms with Gasteiger partial charge in [-0.2, -0.15) is 0 Å². The number of hydrogen-bond acceptors (Lipinski definition) is 3. The standard InChI is InChI=1S/C11H12O2S/c1-2-8-5-6-10(14-8)11(12)9-4-3-7-13-9/h3-7,11-12H,2H2,1H3. The van der Waals surface area contributed by atoms with Crippen molar-refractivity contribution in [3.8, 4) is 0 Å². The van der Waals surface area contributed by atoms with Crippen LogP contribution in [0.2, 0.25) is 0 Å². The van der Waals surface area contributed by atoms with Gasteiger partial charge >= 0.3 is 0 Å². The maximum Gasteiger partial charge on any atom is 0.146 e. The van der Waals surface area contributed by atoms with E-state index in [0.717, 1.165) is 11.3 Å². The van der Waals surface area contributed by atoms with E-state index >= 15 is 0 Å². The molecule has 2 aromatic rings. The maximum atomic E-state index is 9.91. The first-order chi connectivity index (χ1) is 6.81. The second kappa shape index (κ2) is 3.98. The third-order valence-corrected chi connectivity index (χ3v) is 3.40. The molecule has 2 heterocycles. The zero-order chi connectivity index (χ0) is 9.97. The molecule has 3 heteroatoms. The summed E-state index contributed by atoms with van der Waals surface area (Å²) in [6, 6.07) is 7.58. The second-order valence-electron chi connectivity index (χ2n) is 3.08. The molecule has 0 saturated heterocycles. The topological polar surface area (TPSA) is 33.4 Å². The molecule has 0 aliphatic heterocycles. The molecule has 2 aromatic heterocycles. The van der Waals surface area contributed by atoms with E-state index in [1.54, 1.807) is 29.7 Å². The smallest absolute Gasteiger partial charge is 0.146 e. The van der Waals surface area contributed by atoms with E-state index in [-0.39, 0.29) is 0 Å². The van der Waals surface area contributed by atoms with Gasteiger partial charge in [-0.15, -0.1) is 11.3 Å². The quantitative estimate of drug-likeness (QED) is 0.841. The van der Waals surface area contributed by atoms with E-state index < -0.39 is 6.10 Å². The summed E-state index contributed by atoms with van der Waals surface area (Å²) < 4.78 is 5.15. The number of aliphatic hydroxyl groups is 1. The molecule has 0 bridgehead atoms. The number of aryl methyl sites for hydroxylation is 1. The van der Waals surface area contributed by atoms with Crippen LogP contribution in [0.3, 0.4) is 0 Å². The van der Waals surface area contributed by atoms with Crippen LogP contribution in [-0.4, -0.2) is 5.11 Å². The Hall–Kier alpha value is -1.06. The van der Waals surface area contributed by atoms with Crippen molar-refractivity contribution in [3.05, 3.63) is 46.0 Å². The molecule has 1 N–H and O–H groups in total. The lowest BCUT2D eigenvalue weighted by atomic mass is 10.2. The number of thiophene rings is 1. The van der Waals surface area contributed by atoms with Crippen LogP contribution in [0, 0.1) is 0 Å². The minimum Gasteiger partial charge on any atom is -0.466 e. The Kier molecular flexibility index (Phi) is 2.70. The van der Waals surface area contributed by atoms with Crippen molar-refractivity contribution in [2.45, 2.75) is 19.4 Å². The van der Waals surface area contributed by atoms with Crippen LogP contribution < -0.4 is 0 Å². The number of hydrogen-bond donors (Lipinski definition) is 1. The van der Waals surface area contributed by atoms with Gasteiger partial charge in [0, 0.05) is 9.75 Å². The average Bonchev–Trinajstić information content (AvgIpc) is 2.88. The van der Waals surface area contributed by atoms with Crippen molar-refractivity contribution >= 4 is 11.3 Å². The molecule has 1 unspecified atom stereocenters. The highest BCUT2D eigenvalue weighted by molar-refractivity contribution is 7.12. The van der Waals surface area contributed by atoms with Gasteiger partial charge in [0.15, 0.2) is 0 Å². The van der Waals surface area contributed by atoms with E-state index in [9.17, 15) is 5.11 Å². The van der Waals surface area contributed by atoms with Gasteiger partial charge in [0.25, 0.3) is 0 Å². The van der Waals surface area contributed by atoms with Crippen LogP contribution in [0.4, 0.5) is 0 Å². The Balaban J connectivity index is 2.23. The van der Waals surface area contributed by atoms with Gasteiger partial charge < -0.3 is 9.52 Å². The van der Waals surface area contributed by atoms with E-state index in [1.807, 2.05) is 12.1 Å². The van der Waals surface area contributed by atoms with E-state index in [0.29, 0.717) is 5.76 Å². The van der Waals surface area contributed by atoms with Crippen LogP contribution in [-0.2, 0) is 6.42 Å². The minimum atomic E-state index is -0.615. The first-order valence-electron chi connectivity index (χ1n) is 4.61. The monoisotopic (exact) mass is 208 g/mol. The van der Waals surface area contributed by atoms with Crippen molar-refractivity contribution in [2.75, 3.05) is 0 Å². The normalized spacial score (nSPS) is 13.0.